The Kier molecular flexibility index (Phi) is 6.30. The van der Waals surface area contributed by atoms with Gasteiger partial charge < -0.3 is 0 Å². The van der Waals surface area contributed by atoms with Crippen LogP contribution in [-0.4, -0.2) is 18.4 Å². The predicted octanol–water partition coefficient (Wildman–Crippen LogP) is 4.81. The fraction of sp³-hybridized carbons (Fsp3) is 0.217. The second-order valence-electron chi connectivity index (χ2n) is 7.97. The fourth-order valence-corrected chi connectivity index (χ4v) is 13.7. The molecular weight excluding hydrogens is 456 g/mol. The Morgan fingerprint density at radius 2 is 1.30 bits per heavy atom. The van der Waals surface area contributed by atoms with E-state index >= 15 is 0 Å². The van der Waals surface area contributed by atoms with Crippen molar-refractivity contribution in [1.29, 1.82) is 0 Å². The van der Waals surface area contributed by atoms with Crippen LogP contribution < -0.4 is 19.3 Å². The summed E-state index contributed by atoms with van der Waals surface area (Å²) >= 11 is -2.46. The Morgan fingerprint density at radius 3 is 1.89 bits per heavy atom. The molecule has 0 aliphatic rings. The molecule has 4 heteroatoms. The van der Waals surface area contributed by atoms with Gasteiger partial charge in [-0.25, -0.2) is 0 Å². The van der Waals surface area contributed by atoms with E-state index in [1.807, 2.05) is 54.6 Å². The van der Waals surface area contributed by atoms with E-state index in [1.165, 1.54) is 3.58 Å². The third-order valence-corrected chi connectivity index (χ3v) is 14.1. The summed E-state index contributed by atoms with van der Waals surface area (Å²) in [5.41, 5.74) is 1.14. The quantitative estimate of drug-likeness (QED) is 0.402. The zero-order chi connectivity index (χ0) is 19.5. The molecule has 3 aromatic rings. The van der Waals surface area contributed by atoms with Crippen LogP contribution in [0.25, 0.3) is 0 Å². The van der Waals surface area contributed by atoms with Crippen molar-refractivity contribution in [3.05, 3.63) is 90.5 Å². The van der Waals surface area contributed by atoms with Gasteiger partial charge >= 0.3 is 168 Å². The number of benzene rings is 3. The molecule has 0 aliphatic heterocycles. The van der Waals surface area contributed by atoms with E-state index in [1.54, 1.807) is 0 Å². The van der Waals surface area contributed by atoms with Crippen LogP contribution in [0.3, 0.4) is 0 Å². The van der Waals surface area contributed by atoms with E-state index in [-0.39, 0.29) is 6.04 Å². The molecule has 27 heavy (non-hydrogen) atoms. The molecule has 0 saturated heterocycles. The first kappa shape index (κ1) is 20.4. The van der Waals surface area contributed by atoms with Crippen LogP contribution >= 0.6 is 7.29 Å². The van der Waals surface area contributed by atoms with E-state index in [0.717, 1.165) is 16.2 Å². The Hall–Kier alpha value is -1.35. The average Bonchev–Trinajstić information content (AvgIpc) is 2.68. The normalized spacial score (nSPS) is 15.1. The van der Waals surface area contributed by atoms with Crippen molar-refractivity contribution in [2.45, 2.75) is 27.8 Å². The first-order chi connectivity index (χ1) is 12.8. The molecule has 0 aromatic heterocycles. The van der Waals surface area contributed by atoms with Crippen molar-refractivity contribution >= 4 is 39.9 Å². The number of nitrogens with one attached hydrogen (secondary N) is 1. The molecule has 1 N–H and O–H groups in total. The standard InChI is InChI=1S/C20H19NOP.3CH3.Sn/c1-17(18-11-5-2-6-12-18)21-23(22,19-13-7-3-8-14-19)20-15-9-4-10-16-20;;;;/h2-15,17H,1H3,(H,21,22);3*1H3;/t17-,23+;;;;/m0..../s1. The van der Waals surface area contributed by atoms with Crippen molar-refractivity contribution in [1.82, 2.24) is 5.09 Å². The van der Waals surface area contributed by atoms with Gasteiger partial charge in [-0.1, -0.05) is 0 Å². The minimum absolute atomic E-state index is 0.0135. The Bertz CT molecular complexity index is 935. The molecule has 2 atom stereocenters. The van der Waals surface area contributed by atoms with Gasteiger partial charge in [0, 0.05) is 0 Å². The molecule has 0 saturated carbocycles. The number of hydrogen-bond donors (Lipinski definition) is 1. The van der Waals surface area contributed by atoms with E-state index in [2.05, 4.69) is 57.2 Å². The molecular formula is C23H28NOPSn. The maximum absolute atomic E-state index is 14.6. The van der Waals surface area contributed by atoms with Gasteiger partial charge in [-0.3, -0.25) is 0 Å². The van der Waals surface area contributed by atoms with E-state index < -0.39 is 25.7 Å². The summed E-state index contributed by atoms with van der Waals surface area (Å²) in [6.07, 6.45) is 0. The van der Waals surface area contributed by atoms with E-state index in [0.29, 0.717) is 0 Å². The van der Waals surface area contributed by atoms with E-state index in [4.69, 9.17) is 0 Å². The summed E-state index contributed by atoms with van der Waals surface area (Å²) < 4.78 is 15.9. The molecule has 0 amide bonds. The molecule has 3 aromatic carbocycles. The van der Waals surface area contributed by atoms with Gasteiger partial charge in [-0.2, -0.15) is 0 Å². The van der Waals surface area contributed by atoms with Crippen LogP contribution in [0.2, 0.25) is 14.8 Å². The topological polar surface area (TPSA) is 29.1 Å². The van der Waals surface area contributed by atoms with Gasteiger partial charge in [-0.05, 0) is 0 Å². The first-order valence-corrected chi connectivity index (χ1v) is 21.1. The van der Waals surface area contributed by atoms with Crippen LogP contribution in [0.5, 0.6) is 0 Å². The van der Waals surface area contributed by atoms with Gasteiger partial charge in [0.2, 0.25) is 0 Å². The average molecular weight is 484 g/mol. The zero-order valence-corrected chi connectivity index (χ0v) is 20.3. The third-order valence-electron chi connectivity index (χ3n) is 4.85. The van der Waals surface area contributed by atoms with Gasteiger partial charge in [0.25, 0.3) is 0 Å². The van der Waals surface area contributed by atoms with Crippen molar-refractivity contribution in [2.24, 2.45) is 0 Å². The molecule has 0 radical (unpaired) electrons. The van der Waals surface area contributed by atoms with Crippen molar-refractivity contribution in [3.8, 4) is 0 Å². The van der Waals surface area contributed by atoms with Gasteiger partial charge in [0.05, 0.1) is 0 Å². The molecule has 0 fully saturated rings. The third kappa shape index (κ3) is 4.56. The monoisotopic (exact) mass is 485 g/mol. The molecule has 140 valence electrons. The second-order valence-corrected chi connectivity index (χ2v) is 24.8. The summed E-state index contributed by atoms with van der Waals surface area (Å²) in [6, 6.07) is 28.5. The summed E-state index contributed by atoms with van der Waals surface area (Å²) in [7, 11) is -2.98. The Balaban J connectivity index is 2.15. The Labute approximate surface area is 167 Å². The van der Waals surface area contributed by atoms with Gasteiger partial charge in [-0.15, -0.1) is 0 Å². The predicted molar refractivity (Wildman–Crippen MR) is 121 cm³/mol. The summed E-state index contributed by atoms with van der Waals surface area (Å²) in [6.45, 7) is 2.09. The molecule has 0 unspecified atom stereocenters. The van der Waals surface area contributed by atoms with Crippen molar-refractivity contribution in [3.63, 3.8) is 0 Å². The summed E-state index contributed by atoms with van der Waals surface area (Å²) in [5.74, 6) is 0. The Morgan fingerprint density at radius 1 is 0.778 bits per heavy atom. The molecule has 0 bridgehead atoms. The van der Waals surface area contributed by atoms with Gasteiger partial charge in [0.1, 0.15) is 0 Å². The first-order valence-electron chi connectivity index (χ1n) is 9.41. The molecule has 2 nitrogen and oxygen atoms in total. The number of rotatable bonds is 6. The summed E-state index contributed by atoms with van der Waals surface area (Å²) in [4.78, 5) is 7.14. The van der Waals surface area contributed by atoms with Crippen LogP contribution in [0.15, 0.2) is 84.9 Å². The zero-order valence-electron chi connectivity index (χ0n) is 16.5. The van der Waals surface area contributed by atoms with Crippen LogP contribution in [0.1, 0.15) is 18.5 Å². The molecule has 0 spiro atoms. The molecule has 0 aliphatic carbocycles. The van der Waals surface area contributed by atoms with E-state index in [9.17, 15) is 4.57 Å². The fourth-order valence-electron chi connectivity index (χ4n) is 3.39. The minimum atomic E-state index is -2.98. The maximum atomic E-state index is 14.6. The SMILES string of the molecule is C[C@H](N[P@@](=O)(c1ccccc1)c1cccc[c]1[Sn]([CH3])([CH3])[CH3])c1ccccc1. The molecule has 3 rings (SSSR count). The van der Waals surface area contributed by atoms with Crippen LogP contribution in [-0.2, 0) is 4.57 Å². The van der Waals surface area contributed by atoms with Gasteiger partial charge in [0.15, 0.2) is 0 Å². The van der Waals surface area contributed by atoms with Crippen LogP contribution in [0, 0.1) is 0 Å². The van der Waals surface area contributed by atoms with Crippen LogP contribution in [0.4, 0.5) is 0 Å². The summed E-state index contributed by atoms with van der Waals surface area (Å²) in [5, 5.41) is 5.40. The van der Waals surface area contributed by atoms with Crippen molar-refractivity contribution in [2.75, 3.05) is 0 Å². The second kappa shape index (κ2) is 8.34. The number of hydrogen-bond acceptors (Lipinski definition) is 1. The molecule has 0 heterocycles. The van der Waals surface area contributed by atoms with Crippen molar-refractivity contribution < 1.29 is 4.57 Å².